The summed E-state index contributed by atoms with van der Waals surface area (Å²) in [7, 11) is -3.56. The van der Waals surface area contributed by atoms with Crippen LogP contribution in [0.2, 0.25) is 0 Å². The van der Waals surface area contributed by atoms with Gasteiger partial charge in [0.2, 0.25) is 10.0 Å². The van der Waals surface area contributed by atoms with Crippen LogP contribution in [0.1, 0.15) is 17.2 Å². The van der Waals surface area contributed by atoms with Crippen LogP contribution < -0.4 is 5.32 Å². The van der Waals surface area contributed by atoms with E-state index in [2.05, 4.69) is 26.2 Å². The van der Waals surface area contributed by atoms with Gasteiger partial charge in [-0.3, -0.25) is 4.98 Å². The molecule has 0 spiro atoms. The molecule has 1 aliphatic heterocycles. The summed E-state index contributed by atoms with van der Waals surface area (Å²) in [5.41, 5.74) is 1.64. The number of halogens is 2. The Morgan fingerprint density at radius 1 is 1.33 bits per heavy atom. The van der Waals surface area contributed by atoms with E-state index in [1.165, 1.54) is 0 Å². The minimum atomic E-state index is -3.56. The Kier molecular flexibility index (Phi) is 6.39. The third-order valence-corrected chi connectivity index (χ3v) is 6.55. The van der Waals surface area contributed by atoms with Gasteiger partial charge in [-0.2, -0.15) is 4.31 Å². The Balaban J connectivity index is 0.00000208. The largest absolute Gasteiger partial charge is 0.313 e. The molecule has 24 heavy (non-hydrogen) atoms. The maximum atomic E-state index is 13.2. The zero-order valence-electron chi connectivity index (χ0n) is 13.1. The van der Waals surface area contributed by atoms with Gasteiger partial charge >= 0.3 is 0 Å². The molecule has 0 saturated carbocycles. The number of hydrogen-bond acceptors (Lipinski definition) is 4. The van der Waals surface area contributed by atoms with E-state index in [0.717, 1.165) is 15.6 Å². The first kappa shape index (κ1) is 19.3. The minimum absolute atomic E-state index is 0. The van der Waals surface area contributed by atoms with Crippen molar-refractivity contribution in [2.75, 3.05) is 19.6 Å². The Hall–Kier alpha value is -0.990. The highest BCUT2D eigenvalue weighted by Gasteiger charge is 2.35. The van der Waals surface area contributed by atoms with Crippen LogP contribution in [-0.4, -0.2) is 37.3 Å². The summed E-state index contributed by atoms with van der Waals surface area (Å²) in [6, 6.07) is 8.76. The molecule has 0 amide bonds. The maximum Gasteiger partial charge on any atom is 0.243 e. The Morgan fingerprint density at radius 2 is 2.12 bits per heavy atom. The molecule has 2 heterocycles. The molecule has 1 fully saturated rings. The lowest BCUT2D eigenvalue weighted by atomic mass is 10.1. The molecule has 0 bridgehead atoms. The zero-order valence-corrected chi connectivity index (χ0v) is 16.4. The van der Waals surface area contributed by atoms with Gasteiger partial charge in [0.15, 0.2) is 0 Å². The number of nitrogens with one attached hydrogen (secondary N) is 1. The first-order valence-corrected chi connectivity index (χ1v) is 9.62. The molecule has 1 aromatic heterocycles. The van der Waals surface area contributed by atoms with Crippen molar-refractivity contribution in [3.8, 4) is 0 Å². The summed E-state index contributed by atoms with van der Waals surface area (Å²) in [4.78, 5) is 4.48. The molecule has 1 saturated heterocycles. The first-order valence-electron chi connectivity index (χ1n) is 7.39. The molecule has 2 aromatic rings. The summed E-state index contributed by atoms with van der Waals surface area (Å²) in [5.74, 6) is 0. The molecular formula is C16H19BrClN3O2S. The lowest BCUT2D eigenvalue weighted by Crippen LogP contribution is -2.48. The predicted octanol–water partition coefficient (Wildman–Crippen LogP) is 2.91. The van der Waals surface area contributed by atoms with Gasteiger partial charge < -0.3 is 5.32 Å². The lowest BCUT2D eigenvalue weighted by molar-refractivity contribution is 0.271. The third kappa shape index (κ3) is 3.81. The fourth-order valence-corrected chi connectivity index (χ4v) is 5.16. The minimum Gasteiger partial charge on any atom is -0.313 e. The number of sulfonamides is 1. The zero-order chi connectivity index (χ0) is 16.4. The van der Waals surface area contributed by atoms with Gasteiger partial charge in [0, 0.05) is 36.5 Å². The average Bonchev–Trinajstić information content (AvgIpc) is 2.55. The van der Waals surface area contributed by atoms with Crippen molar-refractivity contribution in [3.05, 3.63) is 58.3 Å². The van der Waals surface area contributed by atoms with Gasteiger partial charge in [0.1, 0.15) is 0 Å². The summed E-state index contributed by atoms with van der Waals surface area (Å²) in [6.07, 6.45) is 3.42. The van der Waals surface area contributed by atoms with Crippen molar-refractivity contribution in [1.29, 1.82) is 0 Å². The van der Waals surface area contributed by atoms with E-state index in [4.69, 9.17) is 0 Å². The van der Waals surface area contributed by atoms with E-state index < -0.39 is 10.0 Å². The van der Waals surface area contributed by atoms with Crippen molar-refractivity contribution in [3.63, 3.8) is 0 Å². The van der Waals surface area contributed by atoms with Gasteiger partial charge in [-0.25, -0.2) is 8.42 Å². The van der Waals surface area contributed by atoms with Crippen LogP contribution in [0.15, 0.2) is 52.1 Å². The van der Waals surface area contributed by atoms with Crippen molar-refractivity contribution >= 4 is 38.4 Å². The Morgan fingerprint density at radius 3 is 2.79 bits per heavy atom. The van der Waals surface area contributed by atoms with E-state index in [1.54, 1.807) is 28.8 Å². The predicted molar refractivity (Wildman–Crippen MR) is 99.9 cm³/mol. The molecular weight excluding hydrogens is 414 g/mol. The number of rotatable bonds is 3. The summed E-state index contributed by atoms with van der Waals surface area (Å²) in [5, 5.41) is 3.27. The average molecular weight is 433 g/mol. The number of aryl methyl sites for hydroxylation is 1. The summed E-state index contributed by atoms with van der Waals surface area (Å²) in [6.45, 7) is 3.49. The van der Waals surface area contributed by atoms with E-state index >= 15 is 0 Å². The molecule has 0 aliphatic carbocycles. The van der Waals surface area contributed by atoms with Crippen molar-refractivity contribution in [2.24, 2.45) is 0 Å². The molecule has 1 N–H and O–H groups in total. The SMILES string of the molecule is Cc1cc(Br)ccc1S(=O)(=O)N1CCNCC1c1cccnc1.Cl. The van der Waals surface area contributed by atoms with Gasteiger partial charge in [0.05, 0.1) is 10.9 Å². The monoisotopic (exact) mass is 431 g/mol. The molecule has 3 rings (SSSR count). The fourth-order valence-electron chi connectivity index (χ4n) is 2.86. The molecule has 1 unspecified atom stereocenters. The van der Waals surface area contributed by atoms with Crippen molar-refractivity contribution < 1.29 is 8.42 Å². The van der Waals surface area contributed by atoms with E-state index in [0.29, 0.717) is 24.5 Å². The molecule has 0 radical (unpaired) electrons. The molecule has 1 aromatic carbocycles. The van der Waals surface area contributed by atoms with Crippen LogP contribution in [0.3, 0.4) is 0 Å². The number of benzene rings is 1. The van der Waals surface area contributed by atoms with Gasteiger partial charge in [-0.15, -0.1) is 12.4 Å². The second kappa shape index (κ2) is 7.93. The quantitative estimate of drug-likeness (QED) is 0.810. The van der Waals surface area contributed by atoms with E-state index in [9.17, 15) is 8.42 Å². The highest BCUT2D eigenvalue weighted by atomic mass is 79.9. The fraction of sp³-hybridized carbons (Fsp3) is 0.312. The van der Waals surface area contributed by atoms with Crippen LogP contribution in [0.5, 0.6) is 0 Å². The van der Waals surface area contributed by atoms with Gasteiger partial charge in [0.25, 0.3) is 0 Å². The normalized spacial score (nSPS) is 18.8. The number of pyridine rings is 1. The maximum absolute atomic E-state index is 13.2. The molecule has 8 heteroatoms. The Labute approximate surface area is 157 Å². The summed E-state index contributed by atoms with van der Waals surface area (Å²) < 4.78 is 28.8. The first-order chi connectivity index (χ1) is 11.0. The van der Waals surface area contributed by atoms with Crippen molar-refractivity contribution in [1.82, 2.24) is 14.6 Å². The standard InChI is InChI=1S/C16H18BrN3O2S.ClH/c1-12-9-14(17)4-5-16(12)23(21,22)20-8-7-19-11-15(20)13-3-2-6-18-10-13;/h2-6,9-10,15,19H,7-8,11H2,1H3;1H. The number of aromatic nitrogens is 1. The van der Waals surface area contributed by atoms with Crippen LogP contribution in [0.4, 0.5) is 0 Å². The second-order valence-electron chi connectivity index (χ2n) is 5.53. The number of nitrogens with zero attached hydrogens (tertiary/aromatic N) is 2. The smallest absolute Gasteiger partial charge is 0.243 e. The Bertz CT molecular complexity index is 802. The van der Waals surface area contributed by atoms with Crippen molar-refractivity contribution in [2.45, 2.75) is 17.9 Å². The van der Waals surface area contributed by atoms with E-state index in [1.807, 2.05) is 25.1 Å². The van der Waals surface area contributed by atoms with Crippen LogP contribution in [-0.2, 0) is 10.0 Å². The molecule has 130 valence electrons. The summed E-state index contributed by atoms with van der Waals surface area (Å²) >= 11 is 3.38. The van der Waals surface area contributed by atoms with E-state index in [-0.39, 0.29) is 18.4 Å². The van der Waals surface area contributed by atoms with Crippen LogP contribution in [0.25, 0.3) is 0 Å². The lowest BCUT2D eigenvalue weighted by Gasteiger charge is -2.35. The number of hydrogen-bond donors (Lipinski definition) is 1. The highest BCUT2D eigenvalue weighted by Crippen LogP contribution is 2.30. The molecule has 5 nitrogen and oxygen atoms in total. The van der Waals surface area contributed by atoms with Crippen LogP contribution >= 0.6 is 28.3 Å². The van der Waals surface area contributed by atoms with Crippen LogP contribution in [0, 0.1) is 6.92 Å². The highest BCUT2D eigenvalue weighted by molar-refractivity contribution is 9.10. The second-order valence-corrected chi connectivity index (χ2v) is 8.31. The third-order valence-electron chi connectivity index (χ3n) is 3.99. The molecule has 1 aliphatic rings. The molecule has 1 atom stereocenters. The van der Waals surface area contributed by atoms with Gasteiger partial charge in [-0.05, 0) is 42.3 Å². The number of piperazine rings is 1. The topological polar surface area (TPSA) is 62.3 Å². The van der Waals surface area contributed by atoms with Gasteiger partial charge in [-0.1, -0.05) is 22.0 Å².